The molecule has 0 aliphatic heterocycles. The highest BCUT2D eigenvalue weighted by molar-refractivity contribution is 5.69. The molecule has 3 heteroatoms. The molecule has 0 spiro atoms. The minimum absolute atomic E-state index is 0.136. The van der Waals surface area contributed by atoms with Crippen LogP contribution in [0, 0.1) is 5.92 Å². The fourth-order valence-electron chi connectivity index (χ4n) is 3.20. The number of aliphatic hydroxyl groups excluding tert-OH is 1. The highest BCUT2D eigenvalue weighted by Crippen LogP contribution is 2.18. The third kappa shape index (κ3) is 16.6. The quantitative estimate of drug-likeness (QED) is 0.228. The van der Waals surface area contributed by atoms with Gasteiger partial charge < -0.3 is 9.84 Å². The second kappa shape index (κ2) is 18.2. The lowest BCUT2D eigenvalue weighted by atomic mass is 9.96. The minimum atomic E-state index is -0.352. The summed E-state index contributed by atoms with van der Waals surface area (Å²) in [4.78, 5) is 12.0. The molecule has 0 rings (SSSR count). The van der Waals surface area contributed by atoms with Crippen LogP contribution in [0.1, 0.15) is 117 Å². The Bertz CT molecular complexity index is 281. The molecule has 0 saturated carbocycles. The van der Waals surface area contributed by atoms with E-state index in [1.807, 2.05) is 0 Å². The summed E-state index contributed by atoms with van der Waals surface area (Å²) in [6.07, 6.45) is 15.8. The van der Waals surface area contributed by atoms with Gasteiger partial charge in [-0.1, -0.05) is 85.0 Å². The summed E-state index contributed by atoms with van der Waals surface area (Å²) in [7, 11) is 0. The molecule has 0 fully saturated rings. The maximum atomic E-state index is 12.0. The zero-order valence-electron chi connectivity index (χ0n) is 17.2. The molecule has 0 bridgehead atoms. The van der Waals surface area contributed by atoms with E-state index in [4.69, 9.17) is 4.74 Å². The zero-order chi connectivity index (χ0) is 18.8. The average Bonchev–Trinajstić information content (AvgIpc) is 2.61. The van der Waals surface area contributed by atoms with E-state index in [1.54, 1.807) is 0 Å². The summed E-state index contributed by atoms with van der Waals surface area (Å²) in [5.41, 5.74) is 0. The molecule has 1 atom stereocenters. The summed E-state index contributed by atoms with van der Waals surface area (Å²) < 4.78 is 5.51. The van der Waals surface area contributed by atoms with Crippen LogP contribution in [0.4, 0.5) is 0 Å². The van der Waals surface area contributed by atoms with E-state index in [2.05, 4.69) is 20.8 Å². The number of rotatable bonds is 18. The number of ether oxygens (including phenoxy) is 1. The minimum Gasteiger partial charge on any atom is -0.465 e. The van der Waals surface area contributed by atoms with Gasteiger partial charge >= 0.3 is 5.97 Å². The van der Waals surface area contributed by atoms with Crippen molar-refractivity contribution < 1.29 is 14.6 Å². The molecule has 0 aromatic rings. The first-order chi connectivity index (χ1) is 12.1. The van der Waals surface area contributed by atoms with Crippen molar-refractivity contribution in [2.24, 2.45) is 5.92 Å². The Hall–Kier alpha value is -0.570. The molecule has 0 radical (unpaired) electrons. The Labute approximate surface area is 156 Å². The van der Waals surface area contributed by atoms with Crippen molar-refractivity contribution in [2.45, 2.75) is 123 Å². The Balaban J connectivity index is 3.89. The average molecular weight is 357 g/mol. The Morgan fingerprint density at radius 2 is 1.28 bits per heavy atom. The largest absolute Gasteiger partial charge is 0.465 e. The summed E-state index contributed by atoms with van der Waals surface area (Å²) >= 11 is 0. The molecule has 0 aliphatic carbocycles. The highest BCUT2D eigenvalue weighted by Gasteiger charge is 2.13. The number of carbonyl (C=O) groups excluding carboxylic acids is 1. The van der Waals surface area contributed by atoms with Crippen LogP contribution in [-0.2, 0) is 9.53 Å². The lowest BCUT2D eigenvalue weighted by Gasteiger charge is -2.17. The van der Waals surface area contributed by atoms with Crippen molar-refractivity contribution in [3.63, 3.8) is 0 Å². The first kappa shape index (κ1) is 24.4. The van der Waals surface area contributed by atoms with E-state index in [-0.39, 0.29) is 12.1 Å². The molecule has 1 unspecified atom stereocenters. The monoisotopic (exact) mass is 356 g/mol. The lowest BCUT2D eigenvalue weighted by Crippen LogP contribution is -2.16. The van der Waals surface area contributed by atoms with Crippen molar-refractivity contribution in [3.05, 3.63) is 0 Å². The van der Waals surface area contributed by atoms with Gasteiger partial charge in [0.15, 0.2) is 0 Å². The number of aliphatic hydroxyl groups is 1. The van der Waals surface area contributed by atoms with Crippen LogP contribution in [0.5, 0.6) is 0 Å². The Morgan fingerprint density at radius 3 is 1.84 bits per heavy atom. The number of carbonyl (C=O) groups is 1. The first-order valence-electron chi connectivity index (χ1n) is 11.0. The second-order valence-corrected chi connectivity index (χ2v) is 7.58. The zero-order valence-corrected chi connectivity index (χ0v) is 17.2. The fraction of sp³-hybridized carbons (Fsp3) is 0.955. The Morgan fingerprint density at radius 1 is 0.760 bits per heavy atom. The van der Waals surface area contributed by atoms with Crippen LogP contribution < -0.4 is 0 Å². The topological polar surface area (TPSA) is 46.5 Å². The van der Waals surface area contributed by atoms with Crippen LogP contribution in [0.3, 0.4) is 0 Å². The van der Waals surface area contributed by atoms with Crippen LogP contribution in [0.25, 0.3) is 0 Å². The van der Waals surface area contributed by atoms with Crippen molar-refractivity contribution >= 4 is 5.97 Å². The molecule has 0 aliphatic rings. The predicted molar refractivity (Wildman–Crippen MR) is 107 cm³/mol. The SMILES string of the molecule is CCCCCCC(O)CCC(=O)OCC(CCCCC)CCCCC. The summed E-state index contributed by atoms with van der Waals surface area (Å²) in [6.45, 7) is 7.20. The molecule has 0 heterocycles. The molecule has 25 heavy (non-hydrogen) atoms. The molecule has 3 nitrogen and oxygen atoms in total. The van der Waals surface area contributed by atoms with Gasteiger partial charge in [-0.25, -0.2) is 0 Å². The van der Waals surface area contributed by atoms with Gasteiger partial charge in [0.2, 0.25) is 0 Å². The van der Waals surface area contributed by atoms with E-state index in [1.165, 1.54) is 70.6 Å². The normalized spacial score (nSPS) is 12.5. The van der Waals surface area contributed by atoms with Gasteiger partial charge in [-0.05, 0) is 31.6 Å². The highest BCUT2D eigenvalue weighted by atomic mass is 16.5. The second-order valence-electron chi connectivity index (χ2n) is 7.58. The van der Waals surface area contributed by atoms with Crippen molar-refractivity contribution in [1.29, 1.82) is 0 Å². The third-order valence-electron chi connectivity index (χ3n) is 4.98. The van der Waals surface area contributed by atoms with Gasteiger partial charge in [0.1, 0.15) is 0 Å². The number of esters is 1. The van der Waals surface area contributed by atoms with Gasteiger partial charge in [0, 0.05) is 6.42 Å². The molecule has 1 N–H and O–H groups in total. The fourth-order valence-corrected chi connectivity index (χ4v) is 3.20. The van der Waals surface area contributed by atoms with Crippen molar-refractivity contribution in [1.82, 2.24) is 0 Å². The number of hydrogen-bond donors (Lipinski definition) is 1. The van der Waals surface area contributed by atoms with Gasteiger partial charge in [0.25, 0.3) is 0 Å². The molecule has 0 amide bonds. The molecular formula is C22H44O3. The summed E-state index contributed by atoms with van der Waals surface area (Å²) in [6, 6.07) is 0. The van der Waals surface area contributed by atoms with Crippen LogP contribution in [-0.4, -0.2) is 23.8 Å². The van der Waals surface area contributed by atoms with E-state index in [0.29, 0.717) is 25.4 Å². The maximum Gasteiger partial charge on any atom is 0.305 e. The summed E-state index contributed by atoms with van der Waals surface area (Å²) in [5.74, 6) is 0.379. The molecule has 0 aromatic carbocycles. The van der Waals surface area contributed by atoms with Crippen LogP contribution in [0.15, 0.2) is 0 Å². The van der Waals surface area contributed by atoms with E-state index < -0.39 is 0 Å². The molecule has 0 saturated heterocycles. The lowest BCUT2D eigenvalue weighted by molar-refractivity contribution is -0.145. The van der Waals surface area contributed by atoms with Gasteiger partial charge in [-0.15, -0.1) is 0 Å². The number of hydrogen-bond acceptors (Lipinski definition) is 3. The maximum absolute atomic E-state index is 12.0. The van der Waals surface area contributed by atoms with Gasteiger partial charge in [0.05, 0.1) is 12.7 Å². The smallest absolute Gasteiger partial charge is 0.305 e. The van der Waals surface area contributed by atoms with E-state index in [9.17, 15) is 9.90 Å². The molecule has 150 valence electrons. The predicted octanol–water partition coefficient (Wildman–Crippen LogP) is 6.42. The van der Waals surface area contributed by atoms with E-state index in [0.717, 1.165) is 12.8 Å². The van der Waals surface area contributed by atoms with Crippen LogP contribution in [0.2, 0.25) is 0 Å². The first-order valence-corrected chi connectivity index (χ1v) is 11.0. The third-order valence-corrected chi connectivity index (χ3v) is 4.98. The molecule has 0 aromatic heterocycles. The number of unbranched alkanes of at least 4 members (excludes halogenated alkanes) is 7. The summed E-state index contributed by atoms with van der Waals surface area (Å²) in [5, 5.41) is 9.95. The molecular weight excluding hydrogens is 312 g/mol. The Kier molecular flexibility index (Phi) is 17.8. The van der Waals surface area contributed by atoms with E-state index >= 15 is 0 Å². The standard InChI is InChI=1S/C22H44O3/c1-4-7-10-13-16-21(23)17-18-22(24)25-19-20(14-11-8-5-2)15-12-9-6-3/h20-21,23H,4-19H2,1-3H3. The van der Waals surface area contributed by atoms with Gasteiger partial charge in [-0.2, -0.15) is 0 Å². The van der Waals surface area contributed by atoms with Crippen molar-refractivity contribution in [3.8, 4) is 0 Å². The van der Waals surface area contributed by atoms with Crippen molar-refractivity contribution in [2.75, 3.05) is 6.61 Å². The van der Waals surface area contributed by atoms with Crippen LogP contribution >= 0.6 is 0 Å². The van der Waals surface area contributed by atoms with Gasteiger partial charge in [-0.3, -0.25) is 4.79 Å².